The molecule has 0 radical (unpaired) electrons. The van der Waals surface area contributed by atoms with Crippen molar-refractivity contribution in [3.05, 3.63) is 81.8 Å². The Labute approximate surface area is 233 Å². The Kier molecular flexibility index (Phi) is 8.35. The fraction of sp³-hybridized carbons (Fsp3) is 0.500. The molecule has 1 fully saturated rings. The van der Waals surface area contributed by atoms with Crippen LogP contribution in [0.1, 0.15) is 39.7 Å². The summed E-state index contributed by atoms with van der Waals surface area (Å²) in [5.41, 5.74) is 7.80. The molecule has 3 N–H and O–H groups in total. The topological polar surface area (TPSA) is 162 Å². The summed E-state index contributed by atoms with van der Waals surface area (Å²) >= 11 is 0. The molecule has 10 heteroatoms. The minimum absolute atomic E-state index is 0.0929. The van der Waals surface area contributed by atoms with Gasteiger partial charge in [0.05, 0.1) is 6.10 Å². The Bertz CT molecular complexity index is 1310. The molecule has 212 valence electrons. The van der Waals surface area contributed by atoms with Crippen LogP contribution in [-0.2, 0) is 25.5 Å². The number of benzene rings is 1. The third-order valence-electron chi connectivity index (χ3n) is 8.59. The second-order valence-corrected chi connectivity index (χ2v) is 11.2. The summed E-state index contributed by atoms with van der Waals surface area (Å²) in [6, 6.07) is 9.18. The Morgan fingerprint density at radius 3 is 2.60 bits per heavy atom. The highest BCUT2D eigenvalue weighted by Gasteiger charge is 2.67. The molecule has 1 aliphatic heterocycles. The number of allylic oxidation sites excluding steroid dienone is 1. The first-order valence-corrected chi connectivity index (χ1v) is 13.5. The number of amides is 1. The predicted molar refractivity (Wildman–Crippen MR) is 147 cm³/mol. The zero-order valence-electron chi connectivity index (χ0n) is 23.2. The second kappa shape index (κ2) is 11.4. The van der Waals surface area contributed by atoms with Gasteiger partial charge in [-0.3, -0.25) is 14.4 Å². The van der Waals surface area contributed by atoms with Crippen LogP contribution in [0, 0.1) is 23.2 Å². The van der Waals surface area contributed by atoms with Gasteiger partial charge in [0.25, 0.3) is 0 Å². The van der Waals surface area contributed by atoms with E-state index in [1.165, 1.54) is 26.0 Å². The van der Waals surface area contributed by atoms with Crippen molar-refractivity contribution < 1.29 is 29.3 Å². The van der Waals surface area contributed by atoms with Crippen LogP contribution in [0.5, 0.6) is 0 Å². The first-order valence-electron chi connectivity index (χ1n) is 13.5. The molecule has 2 aliphatic carbocycles. The van der Waals surface area contributed by atoms with Gasteiger partial charge in [0.1, 0.15) is 17.1 Å². The van der Waals surface area contributed by atoms with Crippen molar-refractivity contribution in [1.82, 2.24) is 5.32 Å². The minimum Gasteiger partial charge on any atom is -0.457 e. The molecule has 1 aromatic rings. The van der Waals surface area contributed by atoms with Crippen LogP contribution in [0.25, 0.3) is 10.4 Å². The molecule has 8 atom stereocenters. The van der Waals surface area contributed by atoms with Crippen LogP contribution in [0.2, 0.25) is 0 Å². The zero-order chi connectivity index (χ0) is 29.2. The number of carbonyl (C=O) groups is 3. The van der Waals surface area contributed by atoms with Gasteiger partial charge in [0.15, 0.2) is 5.78 Å². The van der Waals surface area contributed by atoms with E-state index in [0.717, 1.165) is 5.56 Å². The maximum absolute atomic E-state index is 14.3. The number of hydrogen-bond acceptors (Lipinski definition) is 7. The predicted octanol–water partition coefficient (Wildman–Crippen LogP) is 3.35. The molecule has 0 aromatic heterocycles. The van der Waals surface area contributed by atoms with Crippen molar-refractivity contribution in [3.63, 3.8) is 0 Å². The van der Waals surface area contributed by atoms with E-state index in [9.17, 15) is 24.6 Å². The zero-order valence-corrected chi connectivity index (χ0v) is 23.2. The third-order valence-corrected chi connectivity index (χ3v) is 8.59. The lowest BCUT2D eigenvalue weighted by atomic mass is 9.54. The van der Waals surface area contributed by atoms with Gasteiger partial charge in [-0.2, -0.15) is 0 Å². The van der Waals surface area contributed by atoms with Crippen molar-refractivity contribution in [2.45, 2.75) is 64.4 Å². The first kappa shape index (κ1) is 29.3. The molecule has 3 aliphatic rings. The van der Waals surface area contributed by atoms with Crippen molar-refractivity contribution >= 4 is 17.7 Å². The summed E-state index contributed by atoms with van der Waals surface area (Å²) in [5.74, 6) is -3.54. The average molecular weight is 549 g/mol. The summed E-state index contributed by atoms with van der Waals surface area (Å²) in [7, 11) is 0. The molecule has 1 amide bonds. The number of hydrogen-bond donors (Lipinski definition) is 3. The number of rotatable bonds is 5. The number of aliphatic hydroxyl groups excluding tert-OH is 1. The number of Topliss-reactive ketones (excluding diaryl/α,β-unsaturated/α-hetero) is 1. The second-order valence-electron chi connectivity index (χ2n) is 11.2. The number of azide groups is 1. The van der Waals surface area contributed by atoms with Crippen molar-refractivity contribution in [2.24, 2.45) is 28.3 Å². The molecule has 1 spiro atoms. The van der Waals surface area contributed by atoms with Gasteiger partial charge in [-0.1, -0.05) is 60.1 Å². The lowest BCUT2D eigenvalue weighted by Gasteiger charge is -2.50. The number of esters is 1. The van der Waals surface area contributed by atoms with Gasteiger partial charge in [0.2, 0.25) is 5.91 Å². The standard InChI is InChI=1S/C30H36N4O6/c1-17-9-8-12-22-26(36)21(16-32-34-31)18(2)25-23(15-20-10-6-5-7-11-20)33-28(38)30(22,25)24(40-19(3)35)13-14-29(4,39)27(17)37/h5-8,10-14,17,22-26,36,39H,9,15-16H2,1-4H3,(H,33,38)/b12-8+,14-13-. The van der Waals surface area contributed by atoms with E-state index >= 15 is 0 Å². The van der Waals surface area contributed by atoms with Crippen LogP contribution in [0.4, 0.5) is 0 Å². The van der Waals surface area contributed by atoms with Gasteiger partial charge in [0, 0.05) is 42.2 Å². The summed E-state index contributed by atoms with van der Waals surface area (Å²) in [5, 5.41) is 29.7. The summed E-state index contributed by atoms with van der Waals surface area (Å²) in [6.07, 6.45) is 4.38. The fourth-order valence-corrected chi connectivity index (χ4v) is 6.77. The SMILES string of the molecule is CC(=O)OC1/C=C\C(C)(O)C(=O)C(C)C/C=C/C2C(O)C(CN=[N+]=[N-])=C(C)C3C(Cc4ccccc4)NC(=O)C123. The minimum atomic E-state index is -1.87. The normalized spacial score (nSPS) is 37.2. The van der Waals surface area contributed by atoms with Crippen LogP contribution in [-0.4, -0.2) is 58.3 Å². The highest BCUT2D eigenvalue weighted by molar-refractivity contribution is 5.92. The number of ether oxygens (including phenoxy) is 1. The molecular formula is C30H36N4O6. The van der Waals surface area contributed by atoms with E-state index in [1.807, 2.05) is 30.3 Å². The highest BCUT2D eigenvalue weighted by atomic mass is 16.5. The Morgan fingerprint density at radius 2 is 1.95 bits per heavy atom. The maximum atomic E-state index is 14.3. The maximum Gasteiger partial charge on any atom is 0.303 e. The molecule has 40 heavy (non-hydrogen) atoms. The number of nitrogens with zero attached hydrogens (tertiary/aromatic N) is 3. The quantitative estimate of drug-likeness (QED) is 0.168. The largest absolute Gasteiger partial charge is 0.457 e. The third kappa shape index (κ3) is 5.10. The lowest BCUT2D eigenvalue weighted by molar-refractivity contribution is -0.161. The molecule has 8 unspecified atom stereocenters. The van der Waals surface area contributed by atoms with E-state index in [4.69, 9.17) is 10.3 Å². The molecule has 0 bridgehead atoms. The molecule has 1 aromatic carbocycles. The van der Waals surface area contributed by atoms with Crippen LogP contribution in [0.15, 0.2) is 70.9 Å². The fourth-order valence-electron chi connectivity index (χ4n) is 6.77. The average Bonchev–Trinajstić information content (AvgIpc) is 3.19. The van der Waals surface area contributed by atoms with Crippen LogP contribution in [0.3, 0.4) is 0 Å². The van der Waals surface area contributed by atoms with E-state index < -0.39 is 64.7 Å². The van der Waals surface area contributed by atoms with Crippen molar-refractivity contribution in [2.75, 3.05) is 6.54 Å². The Balaban J connectivity index is 2.01. The number of aliphatic hydroxyl groups is 2. The van der Waals surface area contributed by atoms with E-state index in [-0.39, 0.29) is 13.0 Å². The van der Waals surface area contributed by atoms with Crippen LogP contribution < -0.4 is 5.32 Å². The molecular weight excluding hydrogens is 512 g/mol. The molecule has 1 saturated heterocycles. The van der Waals surface area contributed by atoms with E-state index in [1.54, 1.807) is 26.0 Å². The monoisotopic (exact) mass is 548 g/mol. The molecule has 1 heterocycles. The van der Waals surface area contributed by atoms with Gasteiger partial charge in [-0.15, -0.1) is 0 Å². The van der Waals surface area contributed by atoms with Gasteiger partial charge >= 0.3 is 5.97 Å². The Morgan fingerprint density at radius 1 is 1.25 bits per heavy atom. The molecule has 10 nitrogen and oxygen atoms in total. The Hall–Kier alpha value is -3.72. The van der Waals surface area contributed by atoms with E-state index in [0.29, 0.717) is 17.6 Å². The summed E-state index contributed by atoms with van der Waals surface area (Å²) in [6.45, 7) is 6.00. The summed E-state index contributed by atoms with van der Waals surface area (Å²) < 4.78 is 5.82. The lowest BCUT2D eigenvalue weighted by Crippen LogP contribution is -2.58. The van der Waals surface area contributed by atoms with Gasteiger partial charge in [-0.05, 0) is 55.5 Å². The molecule has 4 rings (SSSR count). The molecule has 0 saturated carbocycles. The number of nitrogens with one attached hydrogen (secondary N) is 1. The summed E-state index contributed by atoms with van der Waals surface area (Å²) in [4.78, 5) is 42.7. The number of carbonyl (C=O) groups excluding carboxylic acids is 3. The smallest absolute Gasteiger partial charge is 0.303 e. The van der Waals surface area contributed by atoms with Gasteiger partial charge in [-0.25, -0.2) is 0 Å². The first-order chi connectivity index (χ1) is 18.9. The van der Waals surface area contributed by atoms with E-state index in [2.05, 4.69) is 15.3 Å². The highest BCUT2D eigenvalue weighted by Crippen LogP contribution is 2.57. The van der Waals surface area contributed by atoms with Crippen LogP contribution >= 0.6 is 0 Å². The number of ketones is 1. The van der Waals surface area contributed by atoms with Gasteiger partial charge < -0.3 is 20.3 Å². The van der Waals surface area contributed by atoms with Crippen molar-refractivity contribution in [1.29, 1.82) is 0 Å². The van der Waals surface area contributed by atoms with Crippen molar-refractivity contribution in [3.8, 4) is 0 Å².